The maximum Gasteiger partial charge on any atom is 0.245 e. The Balaban J connectivity index is 0.00000106. The van der Waals surface area contributed by atoms with E-state index in [0.717, 1.165) is 5.76 Å². The summed E-state index contributed by atoms with van der Waals surface area (Å²) in [6.07, 6.45) is 3.11. The molecule has 0 unspecified atom stereocenters. The van der Waals surface area contributed by atoms with Gasteiger partial charge in [-0.1, -0.05) is 20.8 Å². The highest BCUT2D eigenvalue weighted by atomic mass is 32.1. The number of fused-ring (bicyclic) bond motifs is 1. The van der Waals surface area contributed by atoms with Crippen molar-refractivity contribution in [1.29, 1.82) is 0 Å². The van der Waals surface area contributed by atoms with Crippen LogP contribution in [0.2, 0.25) is 0 Å². The Morgan fingerprint density at radius 1 is 1.43 bits per heavy atom. The number of ketones is 1. The molecule has 0 radical (unpaired) electrons. The van der Waals surface area contributed by atoms with E-state index in [1.807, 2.05) is 26.8 Å². The minimum atomic E-state index is -0.185. The van der Waals surface area contributed by atoms with E-state index in [2.05, 4.69) is 32.9 Å². The minimum Gasteiger partial charge on any atom is -0.441 e. The van der Waals surface area contributed by atoms with Gasteiger partial charge in [-0.05, 0) is 6.26 Å². The van der Waals surface area contributed by atoms with Crippen LogP contribution in [0.3, 0.4) is 0 Å². The third-order valence-corrected chi connectivity index (χ3v) is 2.64. The summed E-state index contributed by atoms with van der Waals surface area (Å²) in [4.78, 5) is 24.8. The number of carbonyl (C=O) groups is 1. The largest absolute Gasteiger partial charge is 0.441 e. The topological polar surface area (TPSA) is 77.2 Å². The summed E-state index contributed by atoms with van der Waals surface area (Å²) in [5.41, 5.74) is 3.69. The standard InChI is InChI=1S/C13H17N3O3.CH4S/c1-13(2,3)11-5-8-12(19-11)14-6-9(16-8)10(17)7-15-18-4;1-2/h5-6,15H,7H2,1-4H3;2H,1H3. The molecule has 0 saturated carbocycles. The Kier molecular flexibility index (Phi) is 6.32. The van der Waals surface area contributed by atoms with Gasteiger partial charge in [0.1, 0.15) is 17.0 Å². The number of carbonyl (C=O) groups excluding carboxylic acids is 1. The molecular weight excluding hydrogens is 290 g/mol. The molecule has 0 aromatic carbocycles. The molecular formula is C14H21N3O3S. The lowest BCUT2D eigenvalue weighted by Crippen LogP contribution is -2.22. The first-order valence-corrected chi connectivity index (χ1v) is 7.32. The van der Waals surface area contributed by atoms with Crippen molar-refractivity contribution in [2.45, 2.75) is 26.2 Å². The van der Waals surface area contributed by atoms with Gasteiger partial charge in [0.15, 0.2) is 5.78 Å². The Bertz CT molecular complexity index is 605. The van der Waals surface area contributed by atoms with Gasteiger partial charge in [0.2, 0.25) is 5.71 Å². The molecule has 21 heavy (non-hydrogen) atoms. The van der Waals surface area contributed by atoms with E-state index in [1.54, 1.807) is 6.26 Å². The summed E-state index contributed by atoms with van der Waals surface area (Å²) < 4.78 is 5.62. The average Bonchev–Trinajstić information content (AvgIpc) is 2.90. The first kappa shape index (κ1) is 17.6. The number of hydrogen-bond donors (Lipinski definition) is 2. The van der Waals surface area contributed by atoms with Crippen LogP contribution in [0.1, 0.15) is 37.0 Å². The zero-order chi connectivity index (χ0) is 16.0. The van der Waals surface area contributed by atoms with Gasteiger partial charge in [0, 0.05) is 11.5 Å². The molecule has 0 fully saturated rings. The van der Waals surface area contributed by atoms with Gasteiger partial charge in [-0.3, -0.25) is 4.79 Å². The second-order valence-corrected chi connectivity index (χ2v) is 5.25. The molecule has 116 valence electrons. The third kappa shape index (κ3) is 4.52. The summed E-state index contributed by atoms with van der Waals surface area (Å²) in [5, 5.41) is 0. The minimum absolute atomic E-state index is 0.0562. The molecule has 0 bridgehead atoms. The number of nitrogens with zero attached hydrogens (tertiary/aromatic N) is 2. The Morgan fingerprint density at radius 2 is 2.10 bits per heavy atom. The number of Topliss-reactive ketones (excluding diaryl/α,β-unsaturated/α-hetero) is 1. The lowest BCUT2D eigenvalue weighted by molar-refractivity contribution is 0.0732. The summed E-state index contributed by atoms with van der Waals surface area (Å²) in [5.74, 6) is 0.608. The zero-order valence-electron chi connectivity index (χ0n) is 12.9. The molecule has 0 spiro atoms. The van der Waals surface area contributed by atoms with Crippen LogP contribution < -0.4 is 5.48 Å². The molecule has 0 aliphatic heterocycles. The number of rotatable bonds is 4. The van der Waals surface area contributed by atoms with Crippen LogP contribution >= 0.6 is 12.6 Å². The van der Waals surface area contributed by atoms with E-state index in [4.69, 9.17) is 4.42 Å². The van der Waals surface area contributed by atoms with Crippen molar-refractivity contribution in [3.63, 3.8) is 0 Å². The highest BCUT2D eigenvalue weighted by molar-refractivity contribution is 7.79. The number of nitrogens with one attached hydrogen (secondary N) is 1. The molecule has 2 heterocycles. The summed E-state index contributed by atoms with van der Waals surface area (Å²) in [6.45, 7) is 6.18. The van der Waals surface area contributed by atoms with Crippen molar-refractivity contribution in [2.75, 3.05) is 19.9 Å². The van der Waals surface area contributed by atoms with Crippen LogP contribution in [-0.4, -0.2) is 35.7 Å². The monoisotopic (exact) mass is 311 g/mol. The summed E-state index contributed by atoms with van der Waals surface area (Å²) >= 11 is 3.53. The molecule has 7 heteroatoms. The van der Waals surface area contributed by atoms with Crippen LogP contribution in [0.15, 0.2) is 16.7 Å². The number of furan rings is 1. The number of hydroxylamine groups is 1. The second-order valence-electron chi connectivity index (χ2n) is 5.25. The Labute approximate surface area is 129 Å². The lowest BCUT2D eigenvalue weighted by atomic mass is 9.93. The molecule has 1 N–H and O–H groups in total. The first-order chi connectivity index (χ1) is 9.91. The summed E-state index contributed by atoms with van der Waals surface area (Å²) in [7, 11) is 1.45. The molecule has 0 aliphatic carbocycles. The molecule has 0 saturated heterocycles. The first-order valence-electron chi connectivity index (χ1n) is 6.42. The fourth-order valence-electron chi connectivity index (χ4n) is 1.56. The predicted molar refractivity (Wildman–Crippen MR) is 84.8 cm³/mol. The van der Waals surface area contributed by atoms with Gasteiger partial charge >= 0.3 is 0 Å². The molecule has 6 nitrogen and oxygen atoms in total. The van der Waals surface area contributed by atoms with Crippen molar-refractivity contribution >= 4 is 29.6 Å². The highest BCUT2D eigenvalue weighted by Crippen LogP contribution is 2.27. The van der Waals surface area contributed by atoms with Gasteiger partial charge in [0.25, 0.3) is 0 Å². The molecule has 0 aliphatic rings. The van der Waals surface area contributed by atoms with E-state index in [0.29, 0.717) is 16.9 Å². The smallest absolute Gasteiger partial charge is 0.245 e. The highest BCUT2D eigenvalue weighted by Gasteiger charge is 2.20. The summed E-state index contributed by atoms with van der Waals surface area (Å²) in [6, 6.07) is 1.82. The SMILES string of the molecule is CONCC(=O)c1cnc2oc(C(C)(C)C)cc2n1.CS. The van der Waals surface area contributed by atoms with Crippen LogP contribution in [0.4, 0.5) is 0 Å². The Morgan fingerprint density at radius 3 is 2.67 bits per heavy atom. The fourth-order valence-corrected chi connectivity index (χ4v) is 1.56. The van der Waals surface area contributed by atoms with E-state index < -0.39 is 0 Å². The third-order valence-electron chi connectivity index (χ3n) is 2.64. The van der Waals surface area contributed by atoms with Crippen LogP contribution in [0.5, 0.6) is 0 Å². The maximum absolute atomic E-state index is 11.8. The normalized spacial score (nSPS) is 11.1. The molecule has 0 atom stereocenters. The van der Waals surface area contributed by atoms with Gasteiger partial charge in [0.05, 0.1) is 19.9 Å². The van der Waals surface area contributed by atoms with Gasteiger partial charge in [-0.2, -0.15) is 18.1 Å². The van der Waals surface area contributed by atoms with Crippen molar-refractivity contribution in [3.05, 3.63) is 23.7 Å². The van der Waals surface area contributed by atoms with E-state index in [9.17, 15) is 4.79 Å². The lowest BCUT2D eigenvalue weighted by Gasteiger charge is -2.13. The molecule has 2 aromatic rings. The quantitative estimate of drug-likeness (QED) is 0.513. The Hall–Kier alpha value is -1.44. The van der Waals surface area contributed by atoms with E-state index in [-0.39, 0.29) is 17.7 Å². The van der Waals surface area contributed by atoms with Crippen molar-refractivity contribution in [3.8, 4) is 0 Å². The maximum atomic E-state index is 11.8. The molecule has 2 aromatic heterocycles. The van der Waals surface area contributed by atoms with Gasteiger partial charge in [-0.25, -0.2) is 9.97 Å². The number of hydrogen-bond acceptors (Lipinski definition) is 7. The van der Waals surface area contributed by atoms with Crippen molar-refractivity contribution in [1.82, 2.24) is 15.4 Å². The zero-order valence-corrected chi connectivity index (χ0v) is 13.8. The van der Waals surface area contributed by atoms with Crippen LogP contribution in [0.25, 0.3) is 11.2 Å². The van der Waals surface area contributed by atoms with E-state index in [1.165, 1.54) is 13.3 Å². The number of thiol groups is 1. The fraction of sp³-hybridized carbons (Fsp3) is 0.500. The van der Waals surface area contributed by atoms with Crippen molar-refractivity contribution < 1.29 is 14.0 Å². The van der Waals surface area contributed by atoms with Crippen LogP contribution in [0, 0.1) is 0 Å². The predicted octanol–water partition coefficient (Wildman–Crippen LogP) is 2.40. The van der Waals surface area contributed by atoms with Gasteiger partial charge < -0.3 is 9.25 Å². The average molecular weight is 311 g/mol. The molecule has 0 amide bonds. The molecule has 2 rings (SSSR count). The second kappa shape index (κ2) is 7.53. The van der Waals surface area contributed by atoms with Crippen molar-refractivity contribution in [2.24, 2.45) is 0 Å². The van der Waals surface area contributed by atoms with E-state index >= 15 is 0 Å². The number of aromatic nitrogens is 2. The van der Waals surface area contributed by atoms with Gasteiger partial charge in [-0.15, -0.1) is 0 Å². The van der Waals surface area contributed by atoms with Crippen LogP contribution in [-0.2, 0) is 10.3 Å².